The summed E-state index contributed by atoms with van der Waals surface area (Å²) in [7, 11) is 11.6. The molecule has 0 heterocycles. The molecule has 0 saturated heterocycles. The molecule has 0 fully saturated rings. The van der Waals surface area contributed by atoms with E-state index < -0.39 is 23.8 Å². The highest BCUT2D eigenvalue weighted by molar-refractivity contribution is 5.81. The lowest BCUT2D eigenvalue weighted by Crippen LogP contribution is -2.19. The van der Waals surface area contributed by atoms with Crippen LogP contribution in [0.25, 0.3) is 0 Å². The number of rotatable bonds is 13. The monoisotopic (exact) mass is 506 g/mol. The fourth-order valence-corrected chi connectivity index (χ4v) is 4.06. The van der Waals surface area contributed by atoms with Crippen LogP contribution in [0, 0.1) is 0 Å². The zero-order chi connectivity index (χ0) is 26.8. The maximum atomic E-state index is 12.8. The van der Waals surface area contributed by atoms with E-state index in [0.29, 0.717) is 45.6 Å². The summed E-state index contributed by atoms with van der Waals surface area (Å²) in [4.78, 5) is 25.7. The van der Waals surface area contributed by atoms with Gasteiger partial charge in [-0.1, -0.05) is 0 Å². The average Bonchev–Trinajstić information content (AvgIpc) is 2.92. The third-order valence-electron chi connectivity index (χ3n) is 5.89. The van der Waals surface area contributed by atoms with Gasteiger partial charge in [0.2, 0.25) is 11.5 Å². The van der Waals surface area contributed by atoms with Crippen LogP contribution in [0.15, 0.2) is 24.3 Å². The topological polar surface area (TPSA) is 108 Å². The highest BCUT2D eigenvalue weighted by Crippen LogP contribution is 2.43. The second-order valence-electron chi connectivity index (χ2n) is 7.65. The van der Waals surface area contributed by atoms with Crippen LogP contribution in [-0.4, -0.2) is 68.8 Å². The van der Waals surface area contributed by atoms with Crippen LogP contribution in [0.5, 0.6) is 34.5 Å². The summed E-state index contributed by atoms with van der Waals surface area (Å²) >= 11 is 0. The molecule has 0 aliphatic carbocycles. The second-order valence-corrected chi connectivity index (χ2v) is 7.65. The molecule has 2 aromatic carbocycles. The SMILES string of the molecule is COC(=O)C(CCC(C(=O)OC)c1cc(OC)c(OC)c(OC)c1)c1cc(OC)c(OC)c(OC)c1. The van der Waals surface area contributed by atoms with Gasteiger partial charge in [-0.2, -0.15) is 0 Å². The number of benzene rings is 2. The Labute approximate surface area is 211 Å². The van der Waals surface area contributed by atoms with E-state index in [0.717, 1.165) is 0 Å². The van der Waals surface area contributed by atoms with Crippen molar-refractivity contribution in [1.82, 2.24) is 0 Å². The van der Waals surface area contributed by atoms with Gasteiger partial charge in [0.25, 0.3) is 0 Å². The van der Waals surface area contributed by atoms with Crippen molar-refractivity contribution in [2.45, 2.75) is 24.7 Å². The molecule has 198 valence electrons. The van der Waals surface area contributed by atoms with E-state index in [1.54, 1.807) is 24.3 Å². The molecule has 0 aromatic heterocycles. The van der Waals surface area contributed by atoms with E-state index in [1.165, 1.54) is 56.9 Å². The summed E-state index contributed by atoms with van der Waals surface area (Å²) in [6, 6.07) is 6.76. The zero-order valence-corrected chi connectivity index (χ0v) is 22.0. The molecule has 0 spiro atoms. The van der Waals surface area contributed by atoms with Gasteiger partial charge in [-0.15, -0.1) is 0 Å². The van der Waals surface area contributed by atoms with Crippen molar-refractivity contribution in [3.63, 3.8) is 0 Å². The van der Waals surface area contributed by atoms with Crippen molar-refractivity contribution in [3.05, 3.63) is 35.4 Å². The third kappa shape index (κ3) is 6.05. The van der Waals surface area contributed by atoms with E-state index >= 15 is 0 Å². The Balaban J connectivity index is 2.51. The molecule has 0 saturated carbocycles. The maximum absolute atomic E-state index is 12.8. The Bertz CT molecular complexity index is 916. The minimum Gasteiger partial charge on any atom is -0.493 e. The number of esters is 2. The van der Waals surface area contributed by atoms with Gasteiger partial charge in [-0.3, -0.25) is 9.59 Å². The van der Waals surface area contributed by atoms with Crippen molar-refractivity contribution >= 4 is 11.9 Å². The fraction of sp³-hybridized carbons (Fsp3) is 0.462. The smallest absolute Gasteiger partial charge is 0.313 e. The summed E-state index contributed by atoms with van der Waals surface area (Å²) in [6.45, 7) is 0. The molecule has 2 aromatic rings. The van der Waals surface area contributed by atoms with E-state index in [2.05, 4.69) is 0 Å². The molecule has 2 atom stereocenters. The normalized spacial score (nSPS) is 12.1. The van der Waals surface area contributed by atoms with Crippen LogP contribution in [0.3, 0.4) is 0 Å². The average molecular weight is 507 g/mol. The van der Waals surface area contributed by atoms with Gasteiger partial charge in [0, 0.05) is 0 Å². The van der Waals surface area contributed by atoms with Crippen LogP contribution < -0.4 is 28.4 Å². The van der Waals surface area contributed by atoms with Crippen molar-refractivity contribution < 1.29 is 47.5 Å². The van der Waals surface area contributed by atoms with Gasteiger partial charge in [-0.05, 0) is 48.2 Å². The fourth-order valence-electron chi connectivity index (χ4n) is 4.06. The van der Waals surface area contributed by atoms with Gasteiger partial charge in [0.15, 0.2) is 23.0 Å². The first-order chi connectivity index (χ1) is 17.3. The first-order valence-corrected chi connectivity index (χ1v) is 11.1. The molecular formula is C26H34O10. The van der Waals surface area contributed by atoms with E-state index in [4.69, 9.17) is 37.9 Å². The molecule has 0 aliphatic heterocycles. The molecule has 0 N–H and O–H groups in total. The number of ether oxygens (including phenoxy) is 8. The van der Waals surface area contributed by atoms with Crippen LogP contribution >= 0.6 is 0 Å². The highest BCUT2D eigenvalue weighted by Gasteiger charge is 2.30. The van der Waals surface area contributed by atoms with Crippen LogP contribution in [0.4, 0.5) is 0 Å². The number of hydrogen-bond donors (Lipinski definition) is 0. The number of methoxy groups -OCH3 is 8. The molecular weight excluding hydrogens is 472 g/mol. The number of carbonyl (C=O) groups is 2. The molecule has 36 heavy (non-hydrogen) atoms. The summed E-state index contributed by atoms with van der Waals surface area (Å²) in [5.41, 5.74) is 1.18. The van der Waals surface area contributed by atoms with Crippen molar-refractivity contribution in [1.29, 1.82) is 0 Å². The molecule has 0 amide bonds. The summed E-state index contributed by atoms with van der Waals surface area (Å²) in [5, 5.41) is 0. The summed E-state index contributed by atoms with van der Waals surface area (Å²) in [5.74, 6) is -0.00425. The third-order valence-corrected chi connectivity index (χ3v) is 5.89. The standard InChI is InChI=1S/C26H34O10/c1-29-19-11-15(12-20(30-2)23(19)33-5)17(25(27)35-7)9-10-18(26(28)36-8)16-13-21(31-3)24(34-6)22(14-16)32-4/h11-14,17-18H,9-10H2,1-8H3. The van der Waals surface area contributed by atoms with Crippen LogP contribution in [0.1, 0.15) is 35.8 Å². The lowest BCUT2D eigenvalue weighted by molar-refractivity contribution is -0.145. The Morgan fingerprint density at radius 3 is 1.00 bits per heavy atom. The Hall–Kier alpha value is -3.82. The summed E-state index contributed by atoms with van der Waals surface area (Å²) < 4.78 is 42.7. The predicted octanol–water partition coefficient (Wildman–Crippen LogP) is 3.73. The molecule has 0 bridgehead atoms. The minimum absolute atomic E-state index is 0.252. The molecule has 10 heteroatoms. The van der Waals surface area contributed by atoms with Crippen molar-refractivity contribution in [2.24, 2.45) is 0 Å². The van der Waals surface area contributed by atoms with Crippen molar-refractivity contribution in [3.8, 4) is 34.5 Å². The Morgan fingerprint density at radius 1 is 0.528 bits per heavy atom. The second kappa shape index (κ2) is 13.3. The summed E-state index contributed by atoms with van der Waals surface area (Å²) in [6.07, 6.45) is 0.503. The van der Waals surface area contributed by atoms with Gasteiger partial charge >= 0.3 is 11.9 Å². The van der Waals surface area contributed by atoms with Gasteiger partial charge in [-0.25, -0.2) is 0 Å². The lowest BCUT2D eigenvalue weighted by Gasteiger charge is -2.22. The quantitative estimate of drug-likeness (QED) is 0.373. The zero-order valence-electron chi connectivity index (χ0n) is 22.0. The van der Waals surface area contributed by atoms with E-state index in [9.17, 15) is 9.59 Å². The molecule has 0 aliphatic rings. The van der Waals surface area contributed by atoms with E-state index in [1.807, 2.05) is 0 Å². The Morgan fingerprint density at radius 2 is 0.806 bits per heavy atom. The molecule has 2 unspecified atom stereocenters. The maximum Gasteiger partial charge on any atom is 0.313 e. The van der Waals surface area contributed by atoms with E-state index in [-0.39, 0.29) is 12.8 Å². The van der Waals surface area contributed by atoms with Gasteiger partial charge in [0.1, 0.15) is 0 Å². The first-order valence-electron chi connectivity index (χ1n) is 11.1. The molecule has 10 nitrogen and oxygen atoms in total. The highest BCUT2D eigenvalue weighted by atomic mass is 16.5. The van der Waals surface area contributed by atoms with Crippen LogP contribution in [-0.2, 0) is 19.1 Å². The van der Waals surface area contributed by atoms with Crippen LogP contribution in [0.2, 0.25) is 0 Å². The molecule has 2 rings (SSSR count). The van der Waals surface area contributed by atoms with Gasteiger partial charge in [0.05, 0.1) is 68.7 Å². The lowest BCUT2D eigenvalue weighted by atomic mass is 9.86. The predicted molar refractivity (Wildman–Crippen MR) is 131 cm³/mol. The van der Waals surface area contributed by atoms with Crippen molar-refractivity contribution in [2.75, 3.05) is 56.9 Å². The number of carbonyl (C=O) groups excluding carboxylic acids is 2. The first kappa shape index (κ1) is 28.4. The largest absolute Gasteiger partial charge is 0.493 e. The molecule has 0 radical (unpaired) electrons. The van der Waals surface area contributed by atoms with Gasteiger partial charge < -0.3 is 37.9 Å². The Kier molecular flexibility index (Phi) is 10.5. The number of hydrogen-bond acceptors (Lipinski definition) is 10. The minimum atomic E-state index is -0.724.